The molecule has 0 atom stereocenters. The Morgan fingerprint density at radius 2 is 2.12 bits per heavy atom. The molecule has 0 aromatic heterocycles. The largest absolute Gasteiger partial charge is 0.477 e. The van der Waals surface area contributed by atoms with Crippen LogP contribution in [0.3, 0.4) is 0 Å². The van der Waals surface area contributed by atoms with E-state index in [-0.39, 0.29) is 17.0 Å². The molecule has 0 saturated carbocycles. The summed E-state index contributed by atoms with van der Waals surface area (Å²) in [4.78, 5) is 22.0. The van der Waals surface area contributed by atoms with Gasteiger partial charge in [-0.3, -0.25) is 14.9 Å². The highest BCUT2D eigenvalue weighted by molar-refractivity contribution is 5.83. The Balaban J connectivity index is 1.92. The number of hydrazone groups is 1. The van der Waals surface area contributed by atoms with Gasteiger partial charge in [0, 0.05) is 11.6 Å². The van der Waals surface area contributed by atoms with Crippen LogP contribution in [0.2, 0.25) is 0 Å². The Hall–Kier alpha value is -3.29. The van der Waals surface area contributed by atoms with Gasteiger partial charge in [0.1, 0.15) is 5.82 Å². The smallest absolute Gasteiger partial charge is 0.311 e. The van der Waals surface area contributed by atoms with Gasteiger partial charge in [-0.1, -0.05) is 24.3 Å². The van der Waals surface area contributed by atoms with Crippen LogP contribution in [0.5, 0.6) is 5.75 Å². The van der Waals surface area contributed by atoms with Crippen molar-refractivity contribution in [2.45, 2.75) is 6.92 Å². The van der Waals surface area contributed by atoms with E-state index in [9.17, 15) is 19.3 Å². The molecule has 124 valence electrons. The lowest BCUT2D eigenvalue weighted by Gasteiger charge is -2.06. The second-order valence-corrected chi connectivity index (χ2v) is 4.83. The molecule has 2 rings (SSSR count). The zero-order valence-electron chi connectivity index (χ0n) is 12.7. The molecular weight excluding hydrogens is 317 g/mol. The normalized spacial score (nSPS) is 10.6. The highest BCUT2D eigenvalue weighted by Gasteiger charge is 2.16. The Morgan fingerprint density at radius 1 is 1.38 bits per heavy atom. The number of carbonyl (C=O) groups is 1. The van der Waals surface area contributed by atoms with Gasteiger partial charge in [-0.25, -0.2) is 9.82 Å². The van der Waals surface area contributed by atoms with E-state index >= 15 is 0 Å². The molecule has 0 spiro atoms. The summed E-state index contributed by atoms with van der Waals surface area (Å²) in [6, 6.07) is 10.3. The molecule has 0 aliphatic carbocycles. The summed E-state index contributed by atoms with van der Waals surface area (Å²) in [6.45, 7) is 1.25. The molecule has 1 N–H and O–H groups in total. The van der Waals surface area contributed by atoms with Gasteiger partial charge < -0.3 is 4.74 Å². The van der Waals surface area contributed by atoms with E-state index in [2.05, 4.69) is 10.5 Å². The maximum absolute atomic E-state index is 13.3. The summed E-state index contributed by atoms with van der Waals surface area (Å²) >= 11 is 0. The van der Waals surface area contributed by atoms with Crippen molar-refractivity contribution in [1.82, 2.24) is 5.43 Å². The monoisotopic (exact) mass is 331 g/mol. The van der Waals surface area contributed by atoms with Crippen molar-refractivity contribution < 1.29 is 18.8 Å². The first-order valence-corrected chi connectivity index (χ1v) is 6.91. The van der Waals surface area contributed by atoms with Crippen molar-refractivity contribution in [2.24, 2.45) is 5.10 Å². The van der Waals surface area contributed by atoms with E-state index in [1.54, 1.807) is 19.1 Å². The molecule has 0 aliphatic heterocycles. The molecule has 8 heteroatoms. The second kappa shape index (κ2) is 7.82. The number of carbonyl (C=O) groups excluding carboxylic acids is 1. The van der Waals surface area contributed by atoms with Crippen molar-refractivity contribution in [3.05, 3.63) is 69.5 Å². The number of aryl methyl sites for hydroxylation is 1. The molecule has 2 aromatic rings. The number of halogens is 1. The van der Waals surface area contributed by atoms with Crippen molar-refractivity contribution >= 4 is 17.8 Å². The van der Waals surface area contributed by atoms with Crippen LogP contribution in [0.25, 0.3) is 0 Å². The van der Waals surface area contributed by atoms with E-state index in [1.807, 2.05) is 0 Å². The first-order chi connectivity index (χ1) is 11.5. The minimum atomic E-state index is -0.627. The maximum atomic E-state index is 13.3. The number of ether oxygens (including phenoxy) is 1. The zero-order valence-corrected chi connectivity index (χ0v) is 12.7. The molecular formula is C16H14FN3O4. The third-order valence-electron chi connectivity index (χ3n) is 2.97. The van der Waals surface area contributed by atoms with Crippen molar-refractivity contribution in [2.75, 3.05) is 6.61 Å². The van der Waals surface area contributed by atoms with E-state index < -0.39 is 23.3 Å². The molecule has 0 aliphatic rings. The second-order valence-electron chi connectivity index (χ2n) is 4.83. The first-order valence-electron chi connectivity index (χ1n) is 6.91. The van der Waals surface area contributed by atoms with E-state index in [1.165, 1.54) is 30.3 Å². The fraction of sp³-hybridized carbons (Fsp3) is 0.125. The standard InChI is InChI=1S/C16H14FN3O4/c1-11-6-7-15(14(8-11)20(22)23)24-10-16(21)19-18-9-12-4-2-3-5-13(12)17/h2-9H,10H2,1H3,(H,19,21)/b18-9+. The average Bonchev–Trinajstić information content (AvgIpc) is 2.55. The molecule has 0 bridgehead atoms. The summed E-state index contributed by atoms with van der Waals surface area (Å²) in [7, 11) is 0. The molecule has 1 amide bonds. The topological polar surface area (TPSA) is 93.8 Å². The fourth-order valence-electron chi connectivity index (χ4n) is 1.82. The van der Waals surface area contributed by atoms with Gasteiger partial charge in [0.2, 0.25) is 0 Å². The average molecular weight is 331 g/mol. The van der Waals surface area contributed by atoms with Crippen LogP contribution in [-0.2, 0) is 4.79 Å². The third-order valence-corrected chi connectivity index (χ3v) is 2.97. The van der Waals surface area contributed by atoms with E-state index in [4.69, 9.17) is 4.74 Å². The van der Waals surface area contributed by atoms with Crippen LogP contribution in [0.15, 0.2) is 47.6 Å². The number of nitrogens with one attached hydrogen (secondary N) is 1. The third kappa shape index (κ3) is 4.60. The molecule has 7 nitrogen and oxygen atoms in total. The number of nitro groups is 1. The summed E-state index contributed by atoms with van der Waals surface area (Å²) in [5.41, 5.74) is 2.85. The Bertz CT molecular complexity index is 793. The molecule has 0 fully saturated rings. The van der Waals surface area contributed by atoms with Gasteiger partial charge in [-0.05, 0) is 24.6 Å². The Kier molecular flexibility index (Phi) is 5.56. The Morgan fingerprint density at radius 3 is 2.83 bits per heavy atom. The number of nitro benzene ring substituents is 1. The predicted molar refractivity (Wildman–Crippen MR) is 85.5 cm³/mol. The molecule has 0 radical (unpaired) electrons. The van der Waals surface area contributed by atoms with Gasteiger partial charge in [-0.2, -0.15) is 5.10 Å². The van der Waals surface area contributed by atoms with Gasteiger partial charge in [0.05, 0.1) is 11.1 Å². The Labute approximate surface area is 136 Å². The minimum Gasteiger partial charge on any atom is -0.477 e. The number of amides is 1. The first kappa shape index (κ1) is 17.1. The predicted octanol–water partition coefficient (Wildman–Crippen LogP) is 2.57. The van der Waals surface area contributed by atoms with Crippen molar-refractivity contribution in [1.29, 1.82) is 0 Å². The van der Waals surface area contributed by atoms with Crippen LogP contribution in [0.1, 0.15) is 11.1 Å². The van der Waals surface area contributed by atoms with Crippen molar-refractivity contribution in [3.8, 4) is 5.75 Å². The molecule has 0 heterocycles. The lowest BCUT2D eigenvalue weighted by atomic mass is 10.2. The summed E-state index contributed by atoms with van der Waals surface area (Å²) in [5.74, 6) is -1.11. The lowest BCUT2D eigenvalue weighted by molar-refractivity contribution is -0.385. The maximum Gasteiger partial charge on any atom is 0.311 e. The zero-order chi connectivity index (χ0) is 17.5. The molecule has 0 saturated heterocycles. The van der Waals surface area contributed by atoms with Gasteiger partial charge >= 0.3 is 5.69 Å². The number of rotatable bonds is 6. The summed E-state index contributed by atoms with van der Waals surface area (Å²) < 4.78 is 18.5. The van der Waals surface area contributed by atoms with Gasteiger partial charge in [0.25, 0.3) is 5.91 Å². The van der Waals surface area contributed by atoms with Crippen molar-refractivity contribution in [3.63, 3.8) is 0 Å². The number of benzene rings is 2. The molecule has 0 unspecified atom stereocenters. The van der Waals surface area contributed by atoms with Gasteiger partial charge in [-0.15, -0.1) is 0 Å². The van der Waals surface area contributed by atoms with E-state index in [0.29, 0.717) is 5.56 Å². The summed E-state index contributed by atoms with van der Waals surface area (Å²) in [6.07, 6.45) is 1.15. The highest BCUT2D eigenvalue weighted by atomic mass is 19.1. The fourth-order valence-corrected chi connectivity index (χ4v) is 1.82. The molecule has 2 aromatic carbocycles. The number of hydrogen-bond donors (Lipinski definition) is 1. The minimum absolute atomic E-state index is 0.0150. The van der Waals surface area contributed by atoms with Crippen LogP contribution in [0.4, 0.5) is 10.1 Å². The number of nitrogens with zero attached hydrogens (tertiary/aromatic N) is 2. The SMILES string of the molecule is Cc1ccc(OCC(=O)N/N=C/c2ccccc2F)c([N+](=O)[O-])c1. The number of hydrogen-bond acceptors (Lipinski definition) is 5. The van der Waals surface area contributed by atoms with Crippen LogP contribution in [0, 0.1) is 22.9 Å². The molecule has 24 heavy (non-hydrogen) atoms. The highest BCUT2D eigenvalue weighted by Crippen LogP contribution is 2.27. The van der Waals surface area contributed by atoms with Crippen LogP contribution in [-0.4, -0.2) is 23.7 Å². The van der Waals surface area contributed by atoms with Crippen LogP contribution >= 0.6 is 0 Å². The quantitative estimate of drug-likeness (QED) is 0.500. The summed E-state index contributed by atoms with van der Waals surface area (Å²) in [5, 5.41) is 14.6. The van der Waals surface area contributed by atoms with E-state index in [0.717, 1.165) is 6.21 Å². The van der Waals surface area contributed by atoms with Gasteiger partial charge in [0.15, 0.2) is 12.4 Å². The lowest BCUT2D eigenvalue weighted by Crippen LogP contribution is -2.24. The van der Waals surface area contributed by atoms with Crippen LogP contribution < -0.4 is 10.2 Å².